The second kappa shape index (κ2) is 7.21. The monoisotopic (exact) mass is 257 g/mol. The molecule has 1 amide bonds. The van der Waals surface area contributed by atoms with Crippen LogP contribution < -0.4 is 5.32 Å². The molecule has 0 fully saturated rings. The third-order valence-corrected chi connectivity index (χ3v) is 2.69. The molecule has 3 nitrogen and oxygen atoms in total. The minimum absolute atomic E-state index is 0.0543. The van der Waals surface area contributed by atoms with Gasteiger partial charge in [-0.2, -0.15) is 0 Å². The summed E-state index contributed by atoms with van der Waals surface area (Å²) in [4.78, 5) is 11.8. The lowest BCUT2D eigenvalue weighted by atomic mass is 10.1. The summed E-state index contributed by atoms with van der Waals surface area (Å²) in [7, 11) is 0. The Kier molecular flexibility index (Phi) is 5.61. The van der Waals surface area contributed by atoms with Gasteiger partial charge in [-0.15, -0.1) is 0 Å². The van der Waals surface area contributed by atoms with Crippen molar-refractivity contribution in [3.8, 4) is 0 Å². The first-order chi connectivity index (χ1) is 9.04. The molecule has 0 atom stereocenters. The highest BCUT2D eigenvalue weighted by molar-refractivity contribution is 5.93. The van der Waals surface area contributed by atoms with Crippen LogP contribution in [0.4, 0.5) is 0 Å². The zero-order chi connectivity index (χ0) is 14.3. The number of aliphatic hydroxyl groups is 1. The van der Waals surface area contributed by atoms with Crippen LogP contribution in [0, 0.1) is 6.92 Å². The topological polar surface area (TPSA) is 49.3 Å². The number of rotatable bonds is 5. The summed E-state index contributed by atoms with van der Waals surface area (Å²) >= 11 is 0. The summed E-state index contributed by atoms with van der Waals surface area (Å²) < 4.78 is 0. The maximum absolute atomic E-state index is 11.8. The van der Waals surface area contributed by atoms with Crippen LogP contribution in [0.5, 0.6) is 0 Å². The first kappa shape index (κ1) is 14.8. The molecule has 100 valence electrons. The molecule has 0 aliphatic heterocycles. The third kappa shape index (κ3) is 4.84. The molecule has 0 aliphatic carbocycles. The van der Waals surface area contributed by atoms with Crippen molar-refractivity contribution in [3.63, 3.8) is 0 Å². The predicted molar refractivity (Wildman–Crippen MR) is 77.7 cm³/mol. The van der Waals surface area contributed by atoms with Crippen molar-refractivity contribution >= 4 is 5.91 Å². The molecule has 3 heteroatoms. The second-order valence-corrected chi connectivity index (χ2v) is 4.27. The SMILES string of the molecule is C=C/C=C\C(O)=C(/C)C(=O)NCc1ccc(C)cc1. The lowest BCUT2D eigenvalue weighted by Gasteiger charge is -2.06. The fraction of sp³-hybridized carbons (Fsp3) is 0.188. The van der Waals surface area contributed by atoms with Crippen molar-refractivity contribution in [2.75, 3.05) is 0 Å². The van der Waals surface area contributed by atoms with Gasteiger partial charge in [0, 0.05) is 6.54 Å². The number of amides is 1. The average molecular weight is 257 g/mol. The van der Waals surface area contributed by atoms with Crippen LogP contribution in [-0.4, -0.2) is 11.0 Å². The number of aliphatic hydroxyl groups excluding tert-OH is 1. The summed E-state index contributed by atoms with van der Waals surface area (Å²) in [5.41, 5.74) is 2.48. The van der Waals surface area contributed by atoms with Gasteiger partial charge >= 0.3 is 0 Å². The molecule has 1 rings (SSSR count). The number of allylic oxidation sites excluding steroid dienone is 3. The predicted octanol–water partition coefficient (Wildman–Crippen LogP) is 3.19. The van der Waals surface area contributed by atoms with E-state index in [4.69, 9.17) is 0 Å². The minimum atomic E-state index is -0.285. The van der Waals surface area contributed by atoms with E-state index in [2.05, 4.69) is 11.9 Å². The van der Waals surface area contributed by atoms with E-state index in [0.717, 1.165) is 5.56 Å². The van der Waals surface area contributed by atoms with Crippen LogP contribution >= 0.6 is 0 Å². The van der Waals surface area contributed by atoms with Crippen LogP contribution in [0.2, 0.25) is 0 Å². The Morgan fingerprint density at radius 3 is 2.58 bits per heavy atom. The van der Waals surface area contributed by atoms with E-state index in [-0.39, 0.29) is 17.2 Å². The van der Waals surface area contributed by atoms with Gasteiger partial charge in [0.25, 0.3) is 5.91 Å². The molecule has 0 radical (unpaired) electrons. The summed E-state index contributed by atoms with van der Waals surface area (Å²) in [6.45, 7) is 7.53. The van der Waals surface area contributed by atoms with Gasteiger partial charge in [0.05, 0.1) is 5.57 Å². The first-order valence-corrected chi connectivity index (χ1v) is 6.07. The molecule has 1 aromatic rings. The highest BCUT2D eigenvalue weighted by Gasteiger charge is 2.07. The van der Waals surface area contributed by atoms with Crippen LogP contribution in [0.3, 0.4) is 0 Å². The molecule has 0 saturated carbocycles. The van der Waals surface area contributed by atoms with Gasteiger partial charge in [0.2, 0.25) is 0 Å². The van der Waals surface area contributed by atoms with E-state index in [1.807, 2.05) is 31.2 Å². The summed E-state index contributed by atoms with van der Waals surface area (Å²) in [5.74, 6) is -0.340. The fourth-order valence-electron chi connectivity index (χ4n) is 1.42. The maximum Gasteiger partial charge on any atom is 0.250 e. The lowest BCUT2D eigenvalue weighted by Crippen LogP contribution is -2.24. The van der Waals surface area contributed by atoms with Crippen LogP contribution in [0.25, 0.3) is 0 Å². The Hall–Kier alpha value is -2.29. The largest absolute Gasteiger partial charge is 0.507 e. The van der Waals surface area contributed by atoms with Crippen molar-refractivity contribution in [3.05, 3.63) is 71.5 Å². The molecular weight excluding hydrogens is 238 g/mol. The smallest absolute Gasteiger partial charge is 0.250 e. The van der Waals surface area contributed by atoms with Gasteiger partial charge in [-0.05, 0) is 25.5 Å². The number of benzene rings is 1. The normalized spacial score (nSPS) is 12.1. The van der Waals surface area contributed by atoms with E-state index in [0.29, 0.717) is 6.54 Å². The number of hydrogen-bond donors (Lipinski definition) is 2. The van der Waals surface area contributed by atoms with Crippen molar-refractivity contribution in [2.45, 2.75) is 20.4 Å². The highest BCUT2D eigenvalue weighted by atomic mass is 16.3. The van der Waals surface area contributed by atoms with E-state index in [1.165, 1.54) is 17.7 Å². The molecular formula is C16H19NO2. The molecule has 0 aliphatic rings. The first-order valence-electron chi connectivity index (χ1n) is 6.07. The highest BCUT2D eigenvalue weighted by Crippen LogP contribution is 2.05. The number of nitrogens with one attached hydrogen (secondary N) is 1. The van der Waals surface area contributed by atoms with Gasteiger partial charge in [-0.25, -0.2) is 0 Å². The van der Waals surface area contributed by atoms with E-state index in [1.54, 1.807) is 13.0 Å². The van der Waals surface area contributed by atoms with Gasteiger partial charge in [0.1, 0.15) is 5.76 Å². The summed E-state index contributed by atoms with van der Waals surface area (Å²) in [6, 6.07) is 7.92. The maximum atomic E-state index is 11.8. The molecule has 0 bridgehead atoms. The Bertz CT molecular complexity index is 510. The molecule has 1 aromatic carbocycles. The van der Waals surface area contributed by atoms with Crippen molar-refractivity contribution in [2.24, 2.45) is 0 Å². The van der Waals surface area contributed by atoms with Gasteiger partial charge in [0.15, 0.2) is 0 Å². The Labute approximate surface area is 114 Å². The summed E-state index contributed by atoms with van der Waals surface area (Å²) in [6.07, 6.45) is 4.55. The van der Waals surface area contributed by atoms with Gasteiger partial charge < -0.3 is 10.4 Å². The fourth-order valence-corrected chi connectivity index (χ4v) is 1.42. The van der Waals surface area contributed by atoms with Crippen LogP contribution in [0.1, 0.15) is 18.1 Å². The number of carbonyl (C=O) groups is 1. The molecule has 2 N–H and O–H groups in total. The molecule has 0 heterocycles. The van der Waals surface area contributed by atoms with Crippen LogP contribution in [0.15, 0.2) is 60.4 Å². The zero-order valence-electron chi connectivity index (χ0n) is 11.3. The Morgan fingerprint density at radius 2 is 2.00 bits per heavy atom. The number of hydrogen-bond acceptors (Lipinski definition) is 2. The quantitative estimate of drug-likeness (QED) is 0.483. The van der Waals surface area contributed by atoms with E-state index >= 15 is 0 Å². The summed E-state index contributed by atoms with van der Waals surface area (Å²) in [5, 5.41) is 12.4. The molecule has 0 unspecified atom stereocenters. The van der Waals surface area contributed by atoms with E-state index in [9.17, 15) is 9.90 Å². The lowest BCUT2D eigenvalue weighted by molar-refractivity contribution is -0.117. The molecule has 0 saturated heterocycles. The van der Waals surface area contributed by atoms with Crippen LogP contribution in [-0.2, 0) is 11.3 Å². The average Bonchev–Trinajstić information content (AvgIpc) is 2.42. The van der Waals surface area contributed by atoms with Crippen molar-refractivity contribution in [1.82, 2.24) is 5.32 Å². The Morgan fingerprint density at radius 1 is 1.37 bits per heavy atom. The van der Waals surface area contributed by atoms with Crippen molar-refractivity contribution < 1.29 is 9.90 Å². The third-order valence-electron chi connectivity index (χ3n) is 2.69. The standard InChI is InChI=1S/C16H19NO2/c1-4-5-6-15(18)13(3)16(19)17-11-14-9-7-12(2)8-10-14/h4-10,18H,1,11H2,2-3H3,(H,17,19)/b6-5-,15-13-. The second-order valence-electron chi connectivity index (χ2n) is 4.27. The molecule has 0 spiro atoms. The van der Waals surface area contributed by atoms with Crippen molar-refractivity contribution in [1.29, 1.82) is 0 Å². The minimum Gasteiger partial charge on any atom is -0.507 e. The van der Waals surface area contributed by atoms with Gasteiger partial charge in [-0.3, -0.25) is 4.79 Å². The number of aryl methyl sites for hydroxylation is 1. The Balaban J connectivity index is 2.62. The molecule has 0 aromatic heterocycles. The molecule has 19 heavy (non-hydrogen) atoms. The zero-order valence-corrected chi connectivity index (χ0v) is 11.3. The number of carbonyl (C=O) groups excluding carboxylic acids is 1. The van der Waals surface area contributed by atoms with E-state index < -0.39 is 0 Å². The van der Waals surface area contributed by atoms with Gasteiger partial charge in [-0.1, -0.05) is 48.6 Å².